The van der Waals surface area contributed by atoms with Gasteiger partial charge < -0.3 is 10.1 Å². The molecule has 0 spiro atoms. The van der Waals surface area contributed by atoms with E-state index >= 15 is 0 Å². The number of aromatic nitrogens is 2. The summed E-state index contributed by atoms with van der Waals surface area (Å²) in [6.07, 6.45) is 3.39. The molecule has 0 bridgehead atoms. The molecule has 162 valence electrons. The van der Waals surface area contributed by atoms with E-state index in [0.717, 1.165) is 16.1 Å². The van der Waals surface area contributed by atoms with Gasteiger partial charge in [0, 0.05) is 30.1 Å². The maximum Gasteiger partial charge on any atom is 0.307 e. The van der Waals surface area contributed by atoms with Gasteiger partial charge in [-0.3, -0.25) is 19.1 Å². The molecule has 3 aromatic rings. The molecule has 1 aliphatic rings. The smallest absolute Gasteiger partial charge is 0.307 e. The Kier molecular flexibility index (Phi) is 5.76. The van der Waals surface area contributed by atoms with Gasteiger partial charge >= 0.3 is 5.97 Å². The molecule has 10 heteroatoms. The van der Waals surface area contributed by atoms with E-state index in [1.54, 1.807) is 18.2 Å². The molecule has 2 atom stereocenters. The largest absolute Gasteiger partial charge is 0.481 e. The number of carbonyl (C=O) groups is 1. The summed E-state index contributed by atoms with van der Waals surface area (Å²) >= 11 is 1.45. The topological polar surface area (TPSA) is 116 Å². The highest BCUT2D eigenvalue weighted by molar-refractivity contribution is 8.15. The van der Waals surface area contributed by atoms with Crippen LogP contribution in [0.1, 0.15) is 19.0 Å². The number of hydrogen-bond acceptors (Lipinski definition) is 6. The average Bonchev–Trinajstić information content (AvgIpc) is 3.41. The molecule has 2 N–H and O–H groups in total. The zero-order valence-electron chi connectivity index (χ0n) is 17.0. The third kappa shape index (κ3) is 3.92. The van der Waals surface area contributed by atoms with Crippen LogP contribution in [0.4, 0.5) is 5.69 Å². The Labute approximate surface area is 184 Å². The van der Waals surface area contributed by atoms with Crippen molar-refractivity contribution in [3.63, 3.8) is 0 Å². The van der Waals surface area contributed by atoms with E-state index in [2.05, 4.69) is 15.0 Å². The average molecular weight is 459 g/mol. The van der Waals surface area contributed by atoms with Crippen LogP contribution in [0.5, 0.6) is 0 Å². The Morgan fingerprint density at radius 2 is 2.16 bits per heavy atom. The maximum atomic E-state index is 13.0. The van der Waals surface area contributed by atoms with E-state index < -0.39 is 21.9 Å². The number of fused-ring (bicyclic) bond motifs is 1. The van der Waals surface area contributed by atoms with Gasteiger partial charge in [0.1, 0.15) is 9.94 Å². The molecule has 2 aromatic heterocycles. The number of thioether (sulfide) groups is 1. The van der Waals surface area contributed by atoms with Crippen molar-refractivity contribution in [2.45, 2.75) is 23.5 Å². The first-order valence-corrected chi connectivity index (χ1v) is 12.1. The number of H-pyrrole nitrogens is 1. The van der Waals surface area contributed by atoms with Gasteiger partial charge in [-0.05, 0) is 30.7 Å². The molecule has 1 aromatic carbocycles. The van der Waals surface area contributed by atoms with E-state index in [1.807, 2.05) is 19.1 Å². The number of nitrogens with zero attached hydrogens (tertiary/aromatic N) is 3. The summed E-state index contributed by atoms with van der Waals surface area (Å²) in [5, 5.41) is 10.9. The third-order valence-corrected chi connectivity index (χ3v) is 8.49. The molecular weight excluding hydrogens is 436 g/mol. The van der Waals surface area contributed by atoms with Gasteiger partial charge in [0.25, 0.3) is 10.0 Å². The van der Waals surface area contributed by atoms with E-state index in [-0.39, 0.29) is 10.1 Å². The first-order chi connectivity index (χ1) is 14.8. The van der Waals surface area contributed by atoms with Crippen LogP contribution in [0, 0.1) is 5.92 Å². The number of nitrogens with one attached hydrogen (secondary N) is 1. The molecule has 31 heavy (non-hydrogen) atoms. The minimum absolute atomic E-state index is 0.110. The lowest BCUT2D eigenvalue weighted by atomic mass is 10.0. The lowest BCUT2D eigenvalue weighted by Gasteiger charge is -2.20. The number of carboxylic acid groups (broad SMARTS) is 1. The van der Waals surface area contributed by atoms with Gasteiger partial charge in [-0.15, -0.1) is 0 Å². The number of para-hydroxylation sites is 1. The zero-order valence-corrected chi connectivity index (χ0v) is 18.7. The number of hydrogen-bond donors (Lipinski definition) is 2. The Morgan fingerprint density at radius 1 is 1.35 bits per heavy atom. The van der Waals surface area contributed by atoms with Gasteiger partial charge in [-0.25, -0.2) is 8.42 Å². The van der Waals surface area contributed by atoms with Crippen LogP contribution in [0.3, 0.4) is 0 Å². The molecule has 1 aliphatic heterocycles. The van der Waals surface area contributed by atoms with Crippen LogP contribution < -0.4 is 4.31 Å². The highest BCUT2D eigenvalue weighted by Crippen LogP contribution is 2.35. The molecule has 4 rings (SSSR count). The summed E-state index contributed by atoms with van der Waals surface area (Å²) in [6, 6.07) is 10.4. The van der Waals surface area contributed by atoms with E-state index in [4.69, 9.17) is 0 Å². The summed E-state index contributed by atoms with van der Waals surface area (Å²) in [4.78, 5) is 23.4. The zero-order chi connectivity index (χ0) is 22.2. The van der Waals surface area contributed by atoms with E-state index in [1.165, 1.54) is 41.6 Å². The van der Waals surface area contributed by atoms with Crippen LogP contribution in [0.15, 0.2) is 58.7 Å². The predicted octanol–water partition coefficient (Wildman–Crippen LogP) is 3.36. The van der Waals surface area contributed by atoms with Crippen molar-refractivity contribution in [1.82, 2.24) is 9.97 Å². The van der Waals surface area contributed by atoms with Gasteiger partial charge in [-0.2, -0.15) is 0 Å². The van der Waals surface area contributed by atoms with Crippen molar-refractivity contribution < 1.29 is 18.3 Å². The Bertz CT molecular complexity index is 1250. The first-order valence-electron chi connectivity index (χ1n) is 9.78. The summed E-state index contributed by atoms with van der Waals surface area (Å²) in [7, 11) is -2.27. The van der Waals surface area contributed by atoms with Crippen LogP contribution in [-0.2, 0) is 14.8 Å². The Balaban J connectivity index is 1.66. The monoisotopic (exact) mass is 458 g/mol. The highest BCUT2D eigenvalue weighted by atomic mass is 32.2. The Hall–Kier alpha value is -2.85. The van der Waals surface area contributed by atoms with Gasteiger partial charge in [0.05, 0.1) is 29.4 Å². The van der Waals surface area contributed by atoms with Crippen molar-refractivity contribution in [3.8, 4) is 0 Å². The van der Waals surface area contributed by atoms with Crippen LogP contribution >= 0.6 is 11.8 Å². The minimum atomic E-state index is -3.78. The molecule has 0 radical (unpaired) electrons. The van der Waals surface area contributed by atoms with Crippen molar-refractivity contribution in [2.75, 3.05) is 17.9 Å². The molecule has 0 fully saturated rings. The van der Waals surface area contributed by atoms with Crippen molar-refractivity contribution in [3.05, 3.63) is 54.5 Å². The van der Waals surface area contributed by atoms with Gasteiger partial charge in [0.15, 0.2) is 0 Å². The second kappa shape index (κ2) is 8.35. The normalized spacial score (nSPS) is 17.5. The molecule has 2 unspecified atom stereocenters. The number of pyridine rings is 1. The number of benzene rings is 1. The van der Waals surface area contributed by atoms with Crippen LogP contribution in [-0.4, -0.2) is 53.3 Å². The maximum absolute atomic E-state index is 13.0. The highest BCUT2D eigenvalue weighted by Gasteiger charge is 2.33. The Morgan fingerprint density at radius 3 is 2.84 bits per heavy atom. The van der Waals surface area contributed by atoms with Crippen molar-refractivity contribution in [2.24, 2.45) is 10.9 Å². The number of rotatable bonds is 7. The summed E-state index contributed by atoms with van der Waals surface area (Å²) in [5.41, 5.74) is 1.93. The number of aliphatic imine (C=N–C) groups is 1. The fourth-order valence-corrected chi connectivity index (χ4v) is 6.12. The molecule has 8 nitrogen and oxygen atoms in total. The number of aromatic amines is 1. The van der Waals surface area contributed by atoms with E-state index in [9.17, 15) is 18.3 Å². The number of sulfonamides is 1. The number of anilines is 1. The van der Waals surface area contributed by atoms with Crippen molar-refractivity contribution >= 4 is 49.4 Å². The molecule has 0 saturated carbocycles. The predicted molar refractivity (Wildman–Crippen MR) is 122 cm³/mol. The number of aliphatic carboxylic acids is 1. The van der Waals surface area contributed by atoms with Gasteiger partial charge in [0.2, 0.25) is 0 Å². The molecular formula is C21H22N4O4S2. The lowest BCUT2D eigenvalue weighted by Crippen LogP contribution is -2.26. The van der Waals surface area contributed by atoms with Crippen LogP contribution in [0.25, 0.3) is 10.9 Å². The second-order valence-electron chi connectivity index (χ2n) is 7.24. The molecule has 3 heterocycles. The summed E-state index contributed by atoms with van der Waals surface area (Å²) in [6.45, 7) is 2.31. The second-order valence-corrected chi connectivity index (χ2v) is 10.4. The lowest BCUT2D eigenvalue weighted by molar-refractivity contribution is -0.141. The molecule has 0 amide bonds. The van der Waals surface area contributed by atoms with Crippen LogP contribution in [0.2, 0.25) is 0 Å². The van der Waals surface area contributed by atoms with E-state index in [0.29, 0.717) is 24.2 Å². The fourth-order valence-electron chi connectivity index (χ4n) is 3.65. The third-order valence-electron chi connectivity index (χ3n) is 5.38. The summed E-state index contributed by atoms with van der Waals surface area (Å²) < 4.78 is 27.3. The SMILES string of the molecule is CCC(C(=O)O)C1CN=C(c2cc3cccc(N(C)S(=O)(=O)c4cccnc4)c3[nH]2)S1. The molecule has 0 aliphatic carbocycles. The van der Waals surface area contributed by atoms with Gasteiger partial charge in [-0.1, -0.05) is 30.8 Å². The minimum Gasteiger partial charge on any atom is -0.481 e. The van der Waals surface area contributed by atoms with Crippen molar-refractivity contribution in [1.29, 1.82) is 0 Å². The summed E-state index contributed by atoms with van der Waals surface area (Å²) in [5.74, 6) is -1.26. The number of carboxylic acids is 1. The fraction of sp³-hybridized carbons (Fsp3) is 0.286. The first kappa shape index (κ1) is 21.4. The standard InChI is InChI=1S/C21H22N4O4S2/c1-3-15(21(26)27)18-12-23-20(30-18)16-10-13-6-4-8-17(19(13)24-16)25(2)31(28,29)14-7-5-9-22-11-14/h4-11,15,18,24H,3,12H2,1-2H3,(H,26,27). The molecule has 0 saturated heterocycles. The quantitative estimate of drug-likeness (QED) is 0.561.